The van der Waals surface area contributed by atoms with Gasteiger partial charge in [0.2, 0.25) is 0 Å². The molecule has 15 heavy (non-hydrogen) atoms. The van der Waals surface area contributed by atoms with Crippen molar-refractivity contribution in [1.29, 1.82) is 0 Å². The zero-order valence-electron chi connectivity index (χ0n) is 8.06. The molecule has 1 heterocycles. The summed E-state index contributed by atoms with van der Waals surface area (Å²) in [5, 5.41) is 0. The fourth-order valence-electron chi connectivity index (χ4n) is 1.17. The minimum absolute atomic E-state index is 0.264. The van der Waals surface area contributed by atoms with E-state index in [2.05, 4.69) is 4.98 Å². The van der Waals surface area contributed by atoms with E-state index >= 15 is 0 Å². The molecular weight excluding hydrogens is 193 g/mol. The molecule has 1 aromatic carbocycles. The number of benzene rings is 1. The van der Waals surface area contributed by atoms with Crippen molar-refractivity contribution in [2.24, 2.45) is 0 Å². The fourth-order valence-corrected chi connectivity index (χ4v) is 1.17. The second-order valence-electron chi connectivity index (χ2n) is 3.06. The van der Waals surface area contributed by atoms with Gasteiger partial charge in [0.05, 0.1) is 5.69 Å². The highest BCUT2D eigenvalue weighted by molar-refractivity contribution is 5.22. The maximum atomic E-state index is 12.6. The van der Waals surface area contributed by atoms with E-state index in [4.69, 9.17) is 4.74 Å². The van der Waals surface area contributed by atoms with Gasteiger partial charge in [-0.3, -0.25) is 4.98 Å². The van der Waals surface area contributed by atoms with Gasteiger partial charge in [-0.05, 0) is 36.4 Å². The third-order valence-electron chi connectivity index (χ3n) is 1.93. The standard InChI is InChI=1S/C12H10FNO/c13-10-4-6-12(7-5-10)15-9-11-3-1-2-8-14-11/h1-8H,9H2. The van der Waals surface area contributed by atoms with Crippen LogP contribution in [0.1, 0.15) is 5.69 Å². The first-order chi connectivity index (χ1) is 7.34. The summed E-state index contributed by atoms with van der Waals surface area (Å²) < 4.78 is 18.0. The first-order valence-corrected chi connectivity index (χ1v) is 4.63. The molecule has 0 saturated heterocycles. The van der Waals surface area contributed by atoms with Crippen LogP contribution in [0.15, 0.2) is 48.7 Å². The summed E-state index contributed by atoms with van der Waals surface area (Å²) in [6.45, 7) is 0.395. The molecule has 0 amide bonds. The number of hydrogen-bond donors (Lipinski definition) is 0. The van der Waals surface area contributed by atoms with Gasteiger partial charge in [-0.25, -0.2) is 4.39 Å². The molecule has 0 N–H and O–H groups in total. The van der Waals surface area contributed by atoms with Gasteiger partial charge in [0, 0.05) is 6.20 Å². The molecule has 0 atom stereocenters. The number of nitrogens with zero attached hydrogens (tertiary/aromatic N) is 1. The zero-order valence-corrected chi connectivity index (χ0v) is 8.06. The van der Waals surface area contributed by atoms with E-state index < -0.39 is 0 Å². The lowest BCUT2D eigenvalue weighted by atomic mass is 10.3. The Bertz CT molecular complexity index is 413. The van der Waals surface area contributed by atoms with Crippen LogP contribution in [-0.4, -0.2) is 4.98 Å². The van der Waals surface area contributed by atoms with Gasteiger partial charge >= 0.3 is 0 Å². The lowest BCUT2D eigenvalue weighted by Crippen LogP contribution is -1.97. The number of halogens is 1. The average molecular weight is 203 g/mol. The fraction of sp³-hybridized carbons (Fsp3) is 0.0833. The van der Waals surface area contributed by atoms with Gasteiger partial charge in [-0.1, -0.05) is 6.07 Å². The van der Waals surface area contributed by atoms with Crippen molar-refractivity contribution < 1.29 is 9.13 Å². The van der Waals surface area contributed by atoms with Crippen LogP contribution in [0.25, 0.3) is 0 Å². The molecule has 0 unspecified atom stereocenters. The molecule has 3 heteroatoms. The van der Waals surface area contributed by atoms with Gasteiger partial charge in [0.25, 0.3) is 0 Å². The van der Waals surface area contributed by atoms with Crippen molar-refractivity contribution in [3.8, 4) is 5.75 Å². The Morgan fingerprint density at radius 3 is 2.53 bits per heavy atom. The van der Waals surface area contributed by atoms with E-state index in [0.717, 1.165) is 5.69 Å². The molecule has 76 valence electrons. The highest BCUT2D eigenvalue weighted by atomic mass is 19.1. The largest absolute Gasteiger partial charge is 0.487 e. The van der Waals surface area contributed by atoms with Crippen molar-refractivity contribution in [2.45, 2.75) is 6.61 Å². The summed E-state index contributed by atoms with van der Waals surface area (Å²) in [5.41, 5.74) is 0.849. The predicted octanol–water partition coefficient (Wildman–Crippen LogP) is 2.80. The smallest absolute Gasteiger partial charge is 0.130 e. The molecule has 0 aliphatic heterocycles. The van der Waals surface area contributed by atoms with Gasteiger partial charge in [-0.15, -0.1) is 0 Å². The molecule has 1 aromatic heterocycles. The van der Waals surface area contributed by atoms with E-state index in [-0.39, 0.29) is 5.82 Å². The SMILES string of the molecule is Fc1ccc(OCc2ccccn2)cc1. The lowest BCUT2D eigenvalue weighted by Gasteiger charge is -2.04. The van der Waals surface area contributed by atoms with E-state index in [1.165, 1.54) is 12.1 Å². The van der Waals surface area contributed by atoms with Crippen molar-refractivity contribution >= 4 is 0 Å². The maximum absolute atomic E-state index is 12.6. The summed E-state index contributed by atoms with van der Waals surface area (Å²) in [7, 11) is 0. The van der Waals surface area contributed by atoms with Crippen LogP contribution in [0.5, 0.6) is 5.75 Å². The minimum Gasteiger partial charge on any atom is -0.487 e. The van der Waals surface area contributed by atoms with Crippen LogP contribution in [0.3, 0.4) is 0 Å². The molecule has 0 saturated carbocycles. The summed E-state index contributed by atoms with van der Waals surface area (Å²) in [5.74, 6) is 0.377. The third-order valence-corrected chi connectivity index (χ3v) is 1.93. The monoisotopic (exact) mass is 203 g/mol. The highest BCUT2D eigenvalue weighted by Crippen LogP contribution is 2.12. The Balaban J connectivity index is 1.96. The average Bonchev–Trinajstić information content (AvgIpc) is 2.30. The summed E-state index contributed by atoms with van der Waals surface area (Å²) in [6, 6.07) is 11.6. The third kappa shape index (κ3) is 2.77. The molecule has 0 spiro atoms. The highest BCUT2D eigenvalue weighted by Gasteiger charge is 1.96. The van der Waals surface area contributed by atoms with Gasteiger partial charge in [0.1, 0.15) is 18.2 Å². The number of ether oxygens (including phenoxy) is 1. The Labute approximate surface area is 87.4 Å². The van der Waals surface area contributed by atoms with Crippen molar-refractivity contribution in [2.75, 3.05) is 0 Å². The first-order valence-electron chi connectivity index (χ1n) is 4.63. The number of pyridine rings is 1. The van der Waals surface area contributed by atoms with Gasteiger partial charge in [-0.2, -0.15) is 0 Å². The molecule has 2 nitrogen and oxygen atoms in total. The van der Waals surface area contributed by atoms with Gasteiger partial charge < -0.3 is 4.74 Å². The Hall–Kier alpha value is -1.90. The number of aromatic nitrogens is 1. The molecule has 0 radical (unpaired) electrons. The minimum atomic E-state index is -0.264. The Morgan fingerprint density at radius 1 is 1.07 bits per heavy atom. The van der Waals surface area contributed by atoms with E-state index in [1.54, 1.807) is 18.3 Å². The topological polar surface area (TPSA) is 22.1 Å². The molecule has 0 bridgehead atoms. The summed E-state index contributed by atoms with van der Waals surface area (Å²) in [6.07, 6.45) is 1.71. The van der Waals surface area contributed by atoms with E-state index in [9.17, 15) is 4.39 Å². The van der Waals surface area contributed by atoms with Crippen molar-refractivity contribution in [3.05, 3.63) is 60.2 Å². The molecule has 0 fully saturated rings. The summed E-state index contributed by atoms with van der Waals surface area (Å²) in [4.78, 5) is 4.11. The van der Waals surface area contributed by atoms with Crippen molar-refractivity contribution in [3.63, 3.8) is 0 Å². The first kappa shape index (κ1) is 9.65. The van der Waals surface area contributed by atoms with E-state index in [1.807, 2.05) is 18.2 Å². The second kappa shape index (κ2) is 4.55. The van der Waals surface area contributed by atoms with Crippen LogP contribution in [0, 0.1) is 5.82 Å². The zero-order chi connectivity index (χ0) is 10.5. The van der Waals surface area contributed by atoms with Crippen molar-refractivity contribution in [1.82, 2.24) is 4.98 Å². The number of hydrogen-bond acceptors (Lipinski definition) is 2. The molecular formula is C12H10FNO. The molecule has 0 aliphatic carbocycles. The quantitative estimate of drug-likeness (QED) is 0.765. The van der Waals surface area contributed by atoms with Crippen LogP contribution in [0.2, 0.25) is 0 Å². The summed E-state index contributed by atoms with van der Waals surface area (Å²) >= 11 is 0. The Kier molecular flexibility index (Phi) is 2.93. The van der Waals surface area contributed by atoms with E-state index in [0.29, 0.717) is 12.4 Å². The maximum Gasteiger partial charge on any atom is 0.130 e. The van der Waals surface area contributed by atoms with Crippen LogP contribution in [0.4, 0.5) is 4.39 Å². The molecule has 2 aromatic rings. The predicted molar refractivity (Wildman–Crippen MR) is 55.0 cm³/mol. The molecule has 0 aliphatic rings. The van der Waals surface area contributed by atoms with Crippen LogP contribution < -0.4 is 4.74 Å². The second-order valence-corrected chi connectivity index (χ2v) is 3.06. The molecule has 2 rings (SSSR count). The number of rotatable bonds is 3. The normalized spacial score (nSPS) is 9.93. The Morgan fingerprint density at radius 2 is 1.87 bits per heavy atom. The lowest BCUT2D eigenvalue weighted by molar-refractivity contribution is 0.301. The van der Waals surface area contributed by atoms with Crippen LogP contribution >= 0.6 is 0 Å². The van der Waals surface area contributed by atoms with Gasteiger partial charge in [0.15, 0.2) is 0 Å². The van der Waals surface area contributed by atoms with Crippen LogP contribution in [-0.2, 0) is 6.61 Å².